The molecule has 0 radical (unpaired) electrons. The molecule has 1 aromatic carbocycles. The number of hydrogen-bond donors (Lipinski definition) is 1. The monoisotopic (exact) mass is 215 g/mol. The quantitative estimate of drug-likeness (QED) is 0.760. The molecular weight excluding hydrogens is 201 g/mol. The molecule has 2 unspecified atom stereocenters. The third-order valence-electron chi connectivity index (χ3n) is 2.54. The number of piperidine rings is 1. The molecule has 0 spiro atoms. The lowest BCUT2D eigenvalue weighted by Gasteiger charge is -2.27. The Bertz CT molecular complexity index is 265. The summed E-state index contributed by atoms with van der Waals surface area (Å²) in [7, 11) is 0. The van der Waals surface area contributed by atoms with E-state index in [2.05, 4.69) is 5.32 Å². The van der Waals surface area contributed by atoms with Crippen LogP contribution in [0.4, 0.5) is 4.39 Å². The minimum Gasteiger partial charge on any atom is -0.308 e. The summed E-state index contributed by atoms with van der Waals surface area (Å²) in [5, 5.41) is 3.21. The Morgan fingerprint density at radius 1 is 1.21 bits per heavy atom. The van der Waals surface area contributed by atoms with Crippen molar-refractivity contribution in [1.29, 1.82) is 0 Å². The van der Waals surface area contributed by atoms with Crippen LogP contribution in [0.2, 0.25) is 0 Å². The molecule has 1 N–H and O–H groups in total. The summed E-state index contributed by atoms with van der Waals surface area (Å²) in [5.41, 5.74) is 1.06. The summed E-state index contributed by atoms with van der Waals surface area (Å²) in [5.74, 6) is 0. The van der Waals surface area contributed by atoms with Crippen LogP contribution in [0, 0.1) is 0 Å². The third-order valence-corrected chi connectivity index (χ3v) is 2.54. The van der Waals surface area contributed by atoms with Gasteiger partial charge in [0.05, 0.1) is 6.04 Å². The van der Waals surface area contributed by atoms with Gasteiger partial charge in [0.1, 0.15) is 6.17 Å². The molecule has 78 valence electrons. The molecule has 0 bridgehead atoms. The van der Waals surface area contributed by atoms with Gasteiger partial charge >= 0.3 is 0 Å². The van der Waals surface area contributed by atoms with Gasteiger partial charge in [-0.05, 0) is 24.9 Å². The van der Waals surface area contributed by atoms with E-state index in [1.807, 2.05) is 30.3 Å². The first kappa shape index (κ1) is 11.5. The van der Waals surface area contributed by atoms with Gasteiger partial charge in [-0.15, -0.1) is 12.4 Å². The van der Waals surface area contributed by atoms with E-state index in [-0.39, 0.29) is 18.4 Å². The van der Waals surface area contributed by atoms with Gasteiger partial charge in [0.15, 0.2) is 0 Å². The van der Waals surface area contributed by atoms with E-state index >= 15 is 0 Å². The Kier molecular flexibility index (Phi) is 4.36. The molecule has 14 heavy (non-hydrogen) atoms. The molecule has 1 aliphatic rings. The summed E-state index contributed by atoms with van der Waals surface area (Å²) in [6.45, 7) is 0.931. The van der Waals surface area contributed by atoms with Crippen molar-refractivity contribution >= 4 is 12.4 Å². The number of benzene rings is 1. The summed E-state index contributed by atoms with van der Waals surface area (Å²) >= 11 is 0. The molecule has 0 amide bonds. The van der Waals surface area contributed by atoms with E-state index in [4.69, 9.17) is 0 Å². The van der Waals surface area contributed by atoms with Crippen LogP contribution in [0.25, 0.3) is 0 Å². The molecule has 0 aromatic heterocycles. The zero-order chi connectivity index (χ0) is 9.10. The van der Waals surface area contributed by atoms with Crippen molar-refractivity contribution in [3.05, 3.63) is 35.9 Å². The van der Waals surface area contributed by atoms with Crippen LogP contribution in [0.5, 0.6) is 0 Å². The predicted molar refractivity (Wildman–Crippen MR) is 58.6 cm³/mol. The fourth-order valence-electron chi connectivity index (χ4n) is 1.84. The van der Waals surface area contributed by atoms with Crippen molar-refractivity contribution in [2.45, 2.75) is 25.1 Å². The highest BCUT2D eigenvalue weighted by Gasteiger charge is 2.24. The van der Waals surface area contributed by atoms with E-state index in [1.54, 1.807) is 0 Å². The van der Waals surface area contributed by atoms with E-state index in [0.29, 0.717) is 6.42 Å². The van der Waals surface area contributed by atoms with E-state index in [0.717, 1.165) is 18.5 Å². The van der Waals surface area contributed by atoms with Crippen LogP contribution in [-0.4, -0.2) is 12.7 Å². The number of alkyl halides is 1. The van der Waals surface area contributed by atoms with Gasteiger partial charge in [0.25, 0.3) is 0 Å². The van der Waals surface area contributed by atoms with Gasteiger partial charge in [-0.1, -0.05) is 30.3 Å². The summed E-state index contributed by atoms with van der Waals surface area (Å²) in [4.78, 5) is 0. The Labute approximate surface area is 90.1 Å². The average Bonchev–Trinajstić information content (AvgIpc) is 2.20. The van der Waals surface area contributed by atoms with Crippen LogP contribution in [0.3, 0.4) is 0 Å². The molecule has 0 aliphatic carbocycles. The largest absolute Gasteiger partial charge is 0.308 e. The van der Waals surface area contributed by atoms with Gasteiger partial charge in [0.2, 0.25) is 0 Å². The Hall–Kier alpha value is -0.600. The first-order chi connectivity index (χ1) is 6.38. The van der Waals surface area contributed by atoms with Crippen molar-refractivity contribution in [1.82, 2.24) is 5.32 Å². The van der Waals surface area contributed by atoms with Crippen molar-refractivity contribution < 1.29 is 4.39 Å². The minimum atomic E-state index is -0.726. The lowest BCUT2D eigenvalue weighted by Crippen LogP contribution is -2.35. The average molecular weight is 216 g/mol. The molecule has 1 heterocycles. The second-order valence-corrected chi connectivity index (χ2v) is 3.50. The Morgan fingerprint density at radius 3 is 2.57 bits per heavy atom. The lowest BCUT2D eigenvalue weighted by atomic mass is 9.96. The third kappa shape index (κ3) is 2.46. The van der Waals surface area contributed by atoms with E-state index in [1.165, 1.54) is 0 Å². The Balaban J connectivity index is 0.000000980. The van der Waals surface area contributed by atoms with Crippen molar-refractivity contribution in [3.8, 4) is 0 Å². The normalized spacial score (nSPS) is 26.6. The van der Waals surface area contributed by atoms with Crippen LogP contribution < -0.4 is 5.32 Å². The molecule has 1 saturated heterocycles. The zero-order valence-corrected chi connectivity index (χ0v) is 8.77. The van der Waals surface area contributed by atoms with Crippen LogP contribution in [0.1, 0.15) is 24.4 Å². The van der Waals surface area contributed by atoms with Crippen molar-refractivity contribution in [2.75, 3.05) is 6.54 Å². The fraction of sp³-hybridized carbons (Fsp3) is 0.455. The molecule has 0 saturated carbocycles. The summed E-state index contributed by atoms with van der Waals surface area (Å²) in [6.07, 6.45) is 0.910. The SMILES string of the molecule is Cl.FC1CCCNC1c1ccccc1. The number of halogens is 2. The predicted octanol–water partition coefficient (Wildman–Crippen LogP) is 2.87. The van der Waals surface area contributed by atoms with E-state index in [9.17, 15) is 4.39 Å². The Morgan fingerprint density at radius 2 is 1.93 bits per heavy atom. The molecule has 1 aromatic rings. The number of nitrogens with one attached hydrogen (secondary N) is 1. The smallest absolute Gasteiger partial charge is 0.120 e. The minimum absolute atomic E-state index is 0. The van der Waals surface area contributed by atoms with Gasteiger partial charge in [-0.25, -0.2) is 4.39 Å². The van der Waals surface area contributed by atoms with Crippen molar-refractivity contribution in [3.63, 3.8) is 0 Å². The summed E-state index contributed by atoms with van der Waals surface area (Å²) in [6, 6.07) is 9.75. The molecule has 1 aliphatic heterocycles. The van der Waals surface area contributed by atoms with Gasteiger partial charge in [-0.2, -0.15) is 0 Å². The topological polar surface area (TPSA) is 12.0 Å². The second-order valence-electron chi connectivity index (χ2n) is 3.50. The fourth-order valence-corrected chi connectivity index (χ4v) is 1.84. The molecule has 3 heteroatoms. The maximum atomic E-state index is 13.5. The molecule has 2 atom stereocenters. The molecule has 1 fully saturated rings. The van der Waals surface area contributed by atoms with E-state index < -0.39 is 6.17 Å². The molecule has 1 nitrogen and oxygen atoms in total. The molecule has 2 rings (SSSR count). The van der Waals surface area contributed by atoms with Crippen LogP contribution in [0.15, 0.2) is 30.3 Å². The van der Waals surface area contributed by atoms with Crippen LogP contribution in [-0.2, 0) is 0 Å². The maximum absolute atomic E-state index is 13.5. The highest BCUT2D eigenvalue weighted by atomic mass is 35.5. The standard InChI is InChI=1S/C11H14FN.ClH/c12-10-7-4-8-13-11(10)9-5-2-1-3-6-9;/h1-3,5-6,10-11,13H,4,7-8H2;1H. The highest BCUT2D eigenvalue weighted by Crippen LogP contribution is 2.25. The second kappa shape index (κ2) is 5.32. The number of rotatable bonds is 1. The first-order valence-corrected chi connectivity index (χ1v) is 4.80. The number of hydrogen-bond acceptors (Lipinski definition) is 1. The molecular formula is C11H15ClFN. The first-order valence-electron chi connectivity index (χ1n) is 4.80. The van der Waals surface area contributed by atoms with Crippen LogP contribution >= 0.6 is 12.4 Å². The maximum Gasteiger partial charge on any atom is 0.120 e. The zero-order valence-electron chi connectivity index (χ0n) is 7.95. The summed E-state index contributed by atoms with van der Waals surface area (Å²) < 4.78 is 13.5. The highest BCUT2D eigenvalue weighted by molar-refractivity contribution is 5.85. The van der Waals surface area contributed by atoms with Crippen molar-refractivity contribution in [2.24, 2.45) is 0 Å². The van der Waals surface area contributed by atoms with Gasteiger partial charge in [0, 0.05) is 0 Å². The van der Waals surface area contributed by atoms with Gasteiger partial charge < -0.3 is 5.32 Å². The lowest BCUT2D eigenvalue weighted by molar-refractivity contribution is 0.201. The van der Waals surface area contributed by atoms with Gasteiger partial charge in [-0.3, -0.25) is 0 Å².